The minimum absolute atomic E-state index is 0.00285. The van der Waals surface area contributed by atoms with Gasteiger partial charge in [-0.1, -0.05) is 43.2 Å². The molecule has 1 aliphatic rings. The summed E-state index contributed by atoms with van der Waals surface area (Å²) in [6, 6.07) is 12.1. The van der Waals surface area contributed by atoms with E-state index in [1.165, 1.54) is 12.8 Å². The molecule has 4 nitrogen and oxygen atoms in total. The molecule has 1 fully saturated rings. The van der Waals surface area contributed by atoms with E-state index in [4.69, 9.17) is 17.5 Å². The molecule has 0 aliphatic heterocycles. The quantitative estimate of drug-likeness (QED) is 0.813. The zero-order valence-corrected chi connectivity index (χ0v) is 14.1. The van der Waals surface area contributed by atoms with Crippen molar-refractivity contribution in [3.63, 3.8) is 0 Å². The average Bonchev–Trinajstić information content (AvgIpc) is 3.05. The van der Waals surface area contributed by atoms with Gasteiger partial charge < -0.3 is 10.2 Å². The van der Waals surface area contributed by atoms with E-state index in [-0.39, 0.29) is 5.91 Å². The molecule has 1 aliphatic carbocycles. The third kappa shape index (κ3) is 5.99. The van der Waals surface area contributed by atoms with E-state index in [0.717, 1.165) is 18.4 Å². The van der Waals surface area contributed by atoms with Gasteiger partial charge in [-0.25, -0.2) is 0 Å². The van der Waals surface area contributed by atoms with Crippen LogP contribution in [0, 0.1) is 17.2 Å². The Kier molecular flexibility index (Phi) is 7.02. The topological polar surface area (TPSA) is 56.1 Å². The normalized spacial score (nSPS) is 14.2. The lowest BCUT2D eigenvalue weighted by Gasteiger charge is -2.25. The Morgan fingerprint density at radius 2 is 2.00 bits per heavy atom. The highest BCUT2D eigenvalue weighted by molar-refractivity contribution is 7.80. The summed E-state index contributed by atoms with van der Waals surface area (Å²) >= 11 is 5.39. The second-order valence-corrected chi connectivity index (χ2v) is 6.41. The Morgan fingerprint density at radius 1 is 1.30 bits per heavy atom. The van der Waals surface area contributed by atoms with Crippen LogP contribution in [0.5, 0.6) is 0 Å². The fourth-order valence-electron chi connectivity index (χ4n) is 2.97. The largest absolute Gasteiger partial charge is 0.344 e. The van der Waals surface area contributed by atoms with Crippen LogP contribution in [0.4, 0.5) is 0 Å². The van der Waals surface area contributed by atoms with Crippen LogP contribution in [0.1, 0.15) is 44.1 Å². The van der Waals surface area contributed by atoms with Crippen molar-refractivity contribution in [2.75, 3.05) is 6.54 Å². The highest BCUT2D eigenvalue weighted by atomic mass is 32.1. The van der Waals surface area contributed by atoms with Crippen LogP contribution >= 0.6 is 12.2 Å². The van der Waals surface area contributed by atoms with Gasteiger partial charge in [0.05, 0.1) is 12.5 Å². The molecular weight excluding hydrogens is 306 g/mol. The molecular formula is C18H23N3OS. The molecule has 0 radical (unpaired) electrons. The van der Waals surface area contributed by atoms with Crippen LogP contribution in [0.2, 0.25) is 0 Å². The van der Waals surface area contributed by atoms with Crippen LogP contribution < -0.4 is 5.32 Å². The molecule has 0 atom stereocenters. The maximum Gasteiger partial charge on any atom is 0.226 e. The Bertz CT molecular complexity index is 561. The van der Waals surface area contributed by atoms with Gasteiger partial charge in [0.1, 0.15) is 0 Å². The van der Waals surface area contributed by atoms with Crippen molar-refractivity contribution in [2.24, 2.45) is 5.92 Å². The molecule has 0 unspecified atom stereocenters. The molecule has 0 saturated heterocycles. The number of carbonyl (C=O) groups is 1. The fourth-order valence-corrected chi connectivity index (χ4v) is 3.24. The second-order valence-electron chi connectivity index (χ2n) is 6.02. The van der Waals surface area contributed by atoms with Crippen molar-refractivity contribution in [2.45, 2.75) is 45.1 Å². The number of nitriles is 1. The maximum atomic E-state index is 12.1. The summed E-state index contributed by atoms with van der Waals surface area (Å²) in [6.07, 6.45) is 5.67. The molecule has 0 bridgehead atoms. The van der Waals surface area contributed by atoms with E-state index in [1.54, 1.807) is 0 Å². The number of nitrogens with one attached hydrogen (secondary N) is 1. The molecule has 1 saturated carbocycles. The highest BCUT2D eigenvalue weighted by Gasteiger charge is 2.20. The summed E-state index contributed by atoms with van der Waals surface area (Å²) in [6.45, 7) is 1.12. The number of benzene rings is 1. The van der Waals surface area contributed by atoms with E-state index in [1.807, 2.05) is 35.2 Å². The number of amides is 1. The molecule has 1 amide bonds. The van der Waals surface area contributed by atoms with E-state index in [0.29, 0.717) is 37.0 Å². The Hall–Kier alpha value is -1.93. The van der Waals surface area contributed by atoms with Gasteiger partial charge in [-0.2, -0.15) is 5.26 Å². The lowest BCUT2D eigenvalue weighted by Crippen LogP contribution is -2.43. The Morgan fingerprint density at radius 3 is 2.65 bits per heavy atom. The lowest BCUT2D eigenvalue weighted by molar-refractivity contribution is -0.120. The van der Waals surface area contributed by atoms with Gasteiger partial charge in [-0.3, -0.25) is 4.79 Å². The Balaban J connectivity index is 1.90. The molecule has 2 rings (SSSR count). The summed E-state index contributed by atoms with van der Waals surface area (Å²) in [4.78, 5) is 14.0. The van der Waals surface area contributed by atoms with Gasteiger partial charge in [-0.15, -0.1) is 0 Å². The van der Waals surface area contributed by atoms with Gasteiger partial charge in [0.2, 0.25) is 5.91 Å². The minimum atomic E-state index is -0.00285. The number of nitrogens with zero attached hydrogens (tertiary/aromatic N) is 2. The smallest absolute Gasteiger partial charge is 0.226 e. The standard InChI is InChI=1S/C18H23N3OS/c19-11-6-12-21(14-16-9-2-1-3-10-16)18(23)20-17(22)13-15-7-4-5-8-15/h1-3,9-10,15H,4-8,12-14H2,(H,20,22,23). The zero-order valence-electron chi connectivity index (χ0n) is 13.3. The van der Waals surface area contributed by atoms with Crippen LogP contribution in [-0.2, 0) is 11.3 Å². The maximum absolute atomic E-state index is 12.1. The Labute approximate surface area is 143 Å². The average molecular weight is 329 g/mol. The first-order valence-electron chi connectivity index (χ1n) is 8.18. The van der Waals surface area contributed by atoms with Crippen molar-refractivity contribution in [3.05, 3.63) is 35.9 Å². The number of carbonyl (C=O) groups excluding carboxylic acids is 1. The van der Waals surface area contributed by atoms with Crippen LogP contribution in [0.3, 0.4) is 0 Å². The highest BCUT2D eigenvalue weighted by Crippen LogP contribution is 2.27. The summed E-state index contributed by atoms with van der Waals surface area (Å²) in [5.41, 5.74) is 1.11. The molecule has 1 aromatic rings. The summed E-state index contributed by atoms with van der Waals surface area (Å²) < 4.78 is 0. The van der Waals surface area contributed by atoms with Crippen molar-refractivity contribution in [3.8, 4) is 6.07 Å². The predicted molar refractivity (Wildman–Crippen MR) is 94.4 cm³/mol. The van der Waals surface area contributed by atoms with E-state index in [2.05, 4.69) is 11.4 Å². The first kappa shape index (κ1) is 17.4. The van der Waals surface area contributed by atoms with Crippen molar-refractivity contribution in [1.29, 1.82) is 5.26 Å². The fraction of sp³-hybridized carbons (Fsp3) is 0.500. The van der Waals surface area contributed by atoms with Crippen LogP contribution in [-0.4, -0.2) is 22.5 Å². The van der Waals surface area contributed by atoms with Gasteiger partial charge in [-0.05, 0) is 36.5 Å². The van der Waals surface area contributed by atoms with E-state index in [9.17, 15) is 4.79 Å². The number of thiocarbonyl (C=S) groups is 1. The molecule has 1 aromatic carbocycles. The van der Waals surface area contributed by atoms with Gasteiger partial charge in [0, 0.05) is 19.5 Å². The van der Waals surface area contributed by atoms with Crippen LogP contribution in [0.15, 0.2) is 30.3 Å². The third-order valence-corrected chi connectivity index (χ3v) is 4.55. The lowest BCUT2D eigenvalue weighted by atomic mass is 10.0. The summed E-state index contributed by atoms with van der Waals surface area (Å²) in [7, 11) is 0. The zero-order chi connectivity index (χ0) is 16.5. The first-order chi connectivity index (χ1) is 11.2. The van der Waals surface area contributed by atoms with Crippen LogP contribution in [0.25, 0.3) is 0 Å². The van der Waals surface area contributed by atoms with Crippen molar-refractivity contribution in [1.82, 2.24) is 10.2 Å². The van der Waals surface area contributed by atoms with Crippen molar-refractivity contribution >= 4 is 23.2 Å². The third-order valence-electron chi connectivity index (χ3n) is 4.19. The van der Waals surface area contributed by atoms with Crippen molar-refractivity contribution < 1.29 is 4.79 Å². The monoisotopic (exact) mass is 329 g/mol. The molecule has 122 valence electrons. The minimum Gasteiger partial charge on any atom is -0.344 e. The molecule has 0 aromatic heterocycles. The molecule has 23 heavy (non-hydrogen) atoms. The van der Waals surface area contributed by atoms with E-state index >= 15 is 0 Å². The summed E-state index contributed by atoms with van der Waals surface area (Å²) in [5, 5.41) is 12.1. The number of rotatable bonds is 6. The number of hydrogen-bond donors (Lipinski definition) is 1. The summed E-state index contributed by atoms with van der Waals surface area (Å²) in [5.74, 6) is 0.497. The molecule has 0 spiro atoms. The molecule has 1 N–H and O–H groups in total. The second kappa shape index (κ2) is 9.26. The van der Waals surface area contributed by atoms with E-state index < -0.39 is 0 Å². The predicted octanol–water partition coefficient (Wildman–Crippen LogP) is 3.38. The first-order valence-corrected chi connectivity index (χ1v) is 8.59. The molecule has 0 heterocycles. The SMILES string of the molecule is N#CCCN(Cc1ccccc1)C(=S)NC(=O)CC1CCCC1. The van der Waals surface area contributed by atoms with Gasteiger partial charge >= 0.3 is 0 Å². The number of hydrogen-bond acceptors (Lipinski definition) is 3. The van der Waals surface area contributed by atoms with Gasteiger partial charge in [0.25, 0.3) is 0 Å². The molecule has 5 heteroatoms. The van der Waals surface area contributed by atoms with Gasteiger partial charge in [0.15, 0.2) is 5.11 Å².